The van der Waals surface area contributed by atoms with Gasteiger partial charge in [0.15, 0.2) is 0 Å². The lowest BCUT2D eigenvalue weighted by Gasteiger charge is -2.28. The molecule has 1 N–H and O–H groups in total. The van der Waals surface area contributed by atoms with Crippen molar-refractivity contribution in [2.45, 2.75) is 30.7 Å². The number of nitrogens with zero attached hydrogens (tertiary/aromatic N) is 1. The maximum Gasteiger partial charge on any atom is 0.240 e. The Morgan fingerprint density at radius 1 is 1.16 bits per heavy atom. The molecule has 2 aromatic rings. The Morgan fingerprint density at radius 3 is 2.68 bits per heavy atom. The number of amides is 2. The molecule has 2 aromatic carbocycles. The third-order valence-corrected chi connectivity index (χ3v) is 5.27. The minimum atomic E-state index is -0.115. The predicted octanol–water partition coefficient (Wildman–Crippen LogP) is 3.26. The van der Waals surface area contributed by atoms with Crippen LogP contribution in [0.1, 0.15) is 18.9 Å². The highest BCUT2D eigenvalue weighted by atomic mass is 32.2. The summed E-state index contributed by atoms with van der Waals surface area (Å²) in [7, 11) is 0. The molecular weight excluding hydrogens is 332 g/mol. The van der Waals surface area contributed by atoms with Crippen molar-refractivity contribution in [1.29, 1.82) is 0 Å². The molecule has 5 heteroatoms. The van der Waals surface area contributed by atoms with Crippen LogP contribution in [-0.2, 0) is 16.0 Å². The van der Waals surface area contributed by atoms with Crippen LogP contribution in [0.15, 0.2) is 59.5 Å². The third-order valence-electron chi connectivity index (χ3n) is 4.23. The summed E-state index contributed by atoms with van der Waals surface area (Å²) in [6.45, 7) is 2.08. The van der Waals surface area contributed by atoms with Gasteiger partial charge in [-0.1, -0.05) is 42.5 Å². The number of hydrogen-bond donors (Lipinski definition) is 1. The standard InChI is InChI=1S/C20H22N2O2S/c1-15(11-12-16-7-3-2-4-8-16)21-19(23)13-22-17-9-5-6-10-18(17)25-14-20(22)24/h2-10,15H,11-14H2,1H3,(H,21,23). The third kappa shape index (κ3) is 4.63. The zero-order valence-electron chi connectivity index (χ0n) is 14.3. The van der Waals surface area contributed by atoms with Crippen LogP contribution in [0, 0.1) is 0 Å². The van der Waals surface area contributed by atoms with Crippen molar-refractivity contribution in [2.24, 2.45) is 0 Å². The Bertz CT molecular complexity index is 748. The normalized spacial score (nSPS) is 14.8. The first-order chi connectivity index (χ1) is 12.1. The number of para-hydroxylation sites is 1. The number of thioether (sulfide) groups is 1. The SMILES string of the molecule is CC(CCc1ccccc1)NC(=O)CN1C(=O)CSc2ccccc21. The van der Waals surface area contributed by atoms with E-state index in [2.05, 4.69) is 17.4 Å². The molecule has 1 atom stereocenters. The first kappa shape index (κ1) is 17.5. The van der Waals surface area contributed by atoms with Crippen molar-refractivity contribution in [3.05, 3.63) is 60.2 Å². The first-order valence-corrected chi connectivity index (χ1v) is 9.47. The van der Waals surface area contributed by atoms with E-state index in [4.69, 9.17) is 0 Å². The van der Waals surface area contributed by atoms with E-state index in [1.807, 2.05) is 49.4 Å². The Balaban J connectivity index is 1.54. The first-order valence-electron chi connectivity index (χ1n) is 8.49. The Kier molecular flexibility index (Phi) is 5.76. The molecule has 0 spiro atoms. The highest BCUT2D eigenvalue weighted by Gasteiger charge is 2.26. The van der Waals surface area contributed by atoms with E-state index in [1.165, 1.54) is 17.3 Å². The van der Waals surface area contributed by atoms with Gasteiger partial charge in [0.2, 0.25) is 11.8 Å². The van der Waals surface area contributed by atoms with E-state index < -0.39 is 0 Å². The number of fused-ring (bicyclic) bond motifs is 1. The lowest BCUT2D eigenvalue weighted by atomic mass is 10.1. The number of rotatable bonds is 6. The minimum Gasteiger partial charge on any atom is -0.352 e. The van der Waals surface area contributed by atoms with Crippen molar-refractivity contribution in [1.82, 2.24) is 5.32 Å². The number of benzene rings is 2. The molecule has 0 fully saturated rings. The van der Waals surface area contributed by atoms with Gasteiger partial charge in [0.1, 0.15) is 6.54 Å². The van der Waals surface area contributed by atoms with Crippen molar-refractivity contribution in [3.63, 3.8) is 0 Å². The maximum absolute atomic E-state index is 12.4. The summed E-state index contributed by atoms with van der Waals surface area (Å²) in [6, 6.07) is 18.0. The van der Waals surface area contributed by atoms with E-state index in [9.17, 15) is 9.59 Å². The summed E-state index contributed by atoms with van der Waals surface area (Å²) in [5.41, 5.74) is 2.09. The summed E-state index contributed by atoms with van der Waals surface area (Å²) in [6.07, 6.45) is 1.79. The molecule has 0 saturated carbocycles. The molecule has 1 aliphatic heterocycles. The van der Waals surface area contributed by atoms with Gasteiger partial charge in [0.25, 0.3) is 0 Å². The fourth-order valence-corrected chi connectivity index (χ4v) is 3.83. The lowest BCUT2D eigenvalue weighted by molar-refractivity contribution is -0.123. The van der Waals surface area contributed by atoms with Gasteiger partial charge < -0.3 is 10.2 Å². The molecule has 3 rings (SSSR count). The topological polar surface area (TPSA) is 49.4 Å². The van der Waals surface area contributed by atoms with Crippen molar-refractivity contribution < 1.29 is 9.59 Å². The predicted molar refractivity (Wildman–Crippen MR) is 102 cm³/mol. The summed E-state index contributed by atoms with van der Waals surface area (Å²) in [4.78, 5) is 27.2. The largest absolute Gasteiger partial charge is 0.352 e. The summed E-state index contributed by atoms with van der Waals surface area (Å²) >= 11 is 1.52. The zero-order chi connectivity index (χ0) is 17.6. The highest BCUT2D eigenvalue weighted by Crippen LogP contribution is 2.34. The van der Waals surface area contributed by atoms with Gasteiger partial charge >= 0.3 is 0 Å². The lowest BCUT2D eigenvalue weighted by Crippen LogP contribution is -2.45. The maximum atomic E-state index is 12.4. The molecule has 0 aromatic heterocycles. The average molecular weight is 354 g/mol. The number of carbonyl (C=O) groups is 2. The number of carbonyl (C=O) groups excluding carboxylic acids is 2. The molecule has 0 saturated heterocycles. The van der Waals surface area contributed by atoms with Gasteiger partial charge in [-0.15, -0.1) is 11.8 Å². The molecule has 25 heavy (non-hydrogen) atoms. The summed E-state index contributed by atoms with van der Waals surface area (Å²) < 4.78 is 0. The second kappa shape index (κ2) is 8.21. The number of aryl methyl sites for hydroxylation is 1. The summed E-state index contributed by atoms with van der Waals surface area (Å²) in [5, 5.41) is 3.01. The Morgan fingerprint density at radius 2 is 1.88 bits per heavy atom. The van der Waals surface area contributed by atoms with Gasteiger partial charge in [-0.25, -0.2) is 0 Å². The molecule has 1 heterocycles. The van der Waals surface area contributed by atoms with Gasteiger partial charge in [-0.2, -0.15) is 0 Å². The summed E-state index contributed by atoms with van der Waals surface area (Å²) in [5.74, 6) is 0.250. The fraction of sp³-hybridized carbons (Fsp3) is 0.300. The monoisotopic (exact) mass is 354 g/mol. The van der Waals surface area contributed by atoms with Crippen LogP contribution >= 0.6 is 11.8 Å². The van der Waals surface area contributed by atoms with Crippen LogP contribution in [0.5, 0.6) is 0 Å². The van der Waals surface area contributed by atoms with E-state index in [1.54, 1.807) is 4.90 Å². The second-order valence-electron chi connectivity index (χ2n) is 6.23. The molecule has 4 nitrogen and oxygen atoms in total. The molecule has 0 bridgehead atoms. The van der Waals surface area contributed by atoms with Crippen molar-refractivity contribution in [2.75, 3.05) is 17.2 Å². The second-order valence-corrected chi connectivity index (χ2v) is 7.25. The van der Waals surface area contributed by atoms with Crippen LogP contribution in [0.3, 0.4) is 0 Å². The molecule has 0 radical (unpaired) electrons. The zero-order valence-corrected chi connectivity index (χ0v) is 15.1. The van der Waals surface area contributed by atoms with E-state index in [-0.39, 0.29) is 24.4 Å². The smallest absolute Gasteiger partial charge is 0.240 e. The minimum absolute atomic E-state index is 0.0178. The molecule has 2 amide bonds. The van der Waals surface area contributed by atoms with E-state index >= 15 is 0 Å². The molecule has 130 valence electrons. The van der Waals surface area contributed by atoms with Crippen molar-refractivity contribution in [3.8, 4) is 0 Å². The Labute approximate surface area is 152 Å². The number of anilines is 1. The fourth-order valence-electron chi connectivity index (χ4n) is 2.89. The van der Waals surface area contributed by atoms with Crippen LogP contribution in [0.25, 0.3) is 0 Å². The number of hydrogen-bond acceptors (Lipinski definition) is 3. The molecule has 0 aliphatic carbocycles. The van der Waals surface area contributed by atoms with Crippen LogP contribution in [0.4, 0.5) is 5.69 Å². The molecule has 1 unspecified atom stereocenters. The van der Waals surface area contributed by atoms with Gasteiger partial charge in [0.05, 0.1) is 11.4 Å². The van der Waals surface area contributed by atoms with E-state index in [0.29, 0.717) is 5.75 Å². The number of nitrogens with one attached hydrogen (secondary N) is 1. The van der Waals surface area contributed by atoms with Crippen LogP contribution < -0.4 is 10.2 Å². The van der Waals surface area contributed by atoms with Crippen molar-refractivity contribution >= 4 is 29.3 Å². The average Bonchev–Trinajstić information content (AvgIpc) is 2.63. The molecule has 1 aliphatic rings. The quantitative estimate of drug-likeness (QED) is 0.866. The van der Waals surface area contributed by atoms with Gasteiger partial charge in [-0.3, -0.25) is 9.59 Å². The molecular formula is C20H22N2O2S. The Hall–Kier alpha value is -2.27. The van der Waals surface area contributed by atoms with Gasteiger partial charge in [-0.05, 0) is 37.5 Å². The van der Waals surface area contributed by atoms with Crippen LogP contribution in [-0.4, -0.2) is 30.2 Å². The van der Waals surface area contributed by atoms with Crippen LogP contribution in [0.2, 0.25) is 0 Å². The highest BCUT2D eigenvalue weighted by molar-refractivity contribution is 8.00. The van der Waals surface area contributed by atoms with Gasteiger partial charge in [0, 0.05) is 10.9 Å². The van der Waals surface area contributed by atoms with E-state index in [0.717, 1.165) is 23.4 Å².